The zero-order chi connectivity index (χ0) is 14.2. The Labute approximate surface area is 118 Å². The molecule has 0 bridgehead atoms. The summed E-state index contributed by atoms with van der Waals surface area (Å²) in [4.78, 5) is 18.3. The smallest absolute Gasteiger partial charge is 0.252 e. The van der Waals surface area contributed by atoms with Crippen molar-refractivity contribution in [3.63, 3.8) is 0 Å². The van der Waals surface area contributed by atoms with Gasteiger partial charge in [0.25, 0.3) is 5.91 Å². The molecule has 108 valence electrons. The number of carbonyl (C=O) groups is 1. The number of pyridine rings is 1. The number of rotatable bonds is 5. The highest BCUT2D eigenvalue weighted by Gasteiger charge is 2.10. The molecule has 0 aromatic carbocycles. The van der Waals surface area contributed by atoms with Crippen molar-refractivity contribution >= 4 is 12.1 Å². The number of aromatic nitrogens is 1. The highest BCUT2D eigenvalue weighted by Crippen LogP contribution is 2.07. The first-order chi connectivity index (χ1) is 9.79. The fraction of sp³-hybridized carbons (Fsp3) is 0.500. The number of oxime groups is 1. The third kappa shape index (κ3) is 4.31. The Kier molecular flexibility index (Phi) is 5.49. The highest BCUT2D eigenvalue weighted by atomic mass is 16.4. The van der Waals surface area contributed by atoms with Crippen LogP contribution in [0, 0.1) is 0 Å². The Morgan fingerprint density at radius 2 is 2.20 bits per heavy atom. The van der Waals surface area contributed by atoms with Crippen LogP contribution in [0.3, 0.4) is 0 Å². The van der Waals surface area contributed by atoms with Crippen molar-refractivity contribution in [1.82, 2.24) is 15.2 Å². The summed E-state index contributed by atoms with van der Waals surface area (Å²) >= 11 is 0. The van der Waals surface area contributed by atoms with Gasteiger partial charge in [-0.15, -0.1) is 0 Å². The van der Waals surface area contributed by atoms with Gasteiger partial charge in [0.05, 0.1) is 17.5 Å². The van der Waals surface area contributed by atoms with Crippen LogP contribution in [-0.2, 0) is 0 Å². The molecule has 0 atom stereocenters. The third-order valence-electron chi connectivity index (χ3n) is 3.40. The lowest BCUT2D eigenvalue weighted by molar-refractivity contribution is 0.0946. The summed E-state index contributed by atoms with van der Waals surface area (Å²) in [5, 5.41) is 14.2. The number of likely N-dealkylation sites (tertiary alicyclic amines) is 1. The van der Waals surface area contributed by atoms with Gasteiger partial charge in [0.2, 0.25) is 0 Å². The first-order valence-corrected chi connectivity index (χ1v) is 6.93. The quantitative estimate of drug-likeness (QED) is 0.480. The molecule has 2 rings (SSSR count). The lowest BCUT2D eigenvalue weighted by atomic mass is 10.1. The minimum Gasteiger partial charge on any atom is -0.411 e. The van der Waals surface area contributed by atoms with E-state index < -0.39 is 0 Å². The summed E-state index contributed by atoms with van der Waals surface area (Å²) < 4.78 is 0. The molecule has 1 aromatic rings. The molecule has 2 heterocycles. The fourth-order valence-electron chi connectivity index (χ4n) is 2.29. The van der Waals surface area contributed by atoms with Crippen LogP contribution < -0.4 is 5.32 Å². The topological polar surface area (TPSA) is 77.8 Å². The molecule has 0 spiro atoms. The van der Waals surface area contributed by atoms with Gasteiger partial charge >= 0.3 is 0 Å². The van der Waals surface area contributed by atoms with Gasteiger partial charge in [0.15, 0.2) is 0 Å². The lowest BCUT2D eigenvalue weighted by Gasteiger charge is -2.26. The minimum atomic E-state index is -0.123. The molecule has 1 aliphatic heterocycles. The fourth-order valence-corrected chi connectivity index (χ4v) is 2.29. The van der Waals surface area contributed by atoms with E-state index >= 15 is 0 Å². The molecule has 1 fully saturated rings. The molecule has 1 saturated heterocycles. The normalized spacial score (nSPS) is 16.4. The van der Waals surface area contributed by atoms with E-state index in [1.165, 1.54) is 31.7 Å². The first kappa shape index (κ1) is 14.5. The van der Waals surface area contributed by atoms with Crippen molar-refractivity contribution in [3.05, 3.63) is 29.6 Å². The van der Waals surface area contributed by atoms with Crippen LogP contribution in [-0.4, -0.2) is 53.4 Å². The van der Waals surface area contributed by atoms with Crippen LogP contribution in [0.1, 0.15) is 35.3 Å². The standard InChI is InChI=1S/C14H20N4O2/c19-14(12-4-5-13(11-17-20)16-10-12)15-6-9-18-7-2-1-3-8-18/h4-5,10-11,20H,1-3,6-9H2,(H,15,19). The van der Waals surface area contributed by atoms with Gasteiger partial charge in [-0.1, -0.05) is 11.6 Å². The predicted octanol–water partition coefficient (Wildman–Crippen LogP) is 1.11. The summed E-state index contributed by atoms with van der Waals surface area (Å²) in [6.07, 6.45) is 6.53. The molecule has 6 nitrogen and oxygen atoms in total. The molecule has 1 aromatic heterocycles. The first-order valence-electron chi connectivity index (χ1n) is 6.93. The molecular weight excluding hydrogens is 256 g/mol. The van der Waals surface area contributed by atoms with Crippen molar-refractivity contribution in [1.29, 1.82) is 0 Å². The van der Waals surface area contributed by atoms with E-state index in [2.05, 4.69) is 20.4 Å². The second-order valence-electron chi connectivity index (χ2n) is 4.87. The van der Waals surface area contributed by atoms with E-state index in [1.54, 1.807) is 12.1 Å². The van der Waals surface area contributed by atoms with Crippen molar-refractivity contribution in [2.24, 2.45) is 5.16 Å². The maximum Gasteiger partial charge on any atom is 0.252 e. The zero-order valence-electron chi connectivity index (χ0n) is 11.5. The molecule has 6 heteroatoms. The number of hydrogen-bond donors (Lipinski definition) is 2. The second-order valence-corrected chi connectivity index (χ2v) is 4.87. The van der Waals surface area contributed by atoms with Gasteiger partial charge in [-0.25, -0.2) is 0 Å². The maximum atomic E-state index is 11.9. The van der Waals surface area contributed by atoms with E-state index in [9.17, 15) is 4.79 Å². The molecule has 0 unspecified atom stereocenters. The predicted molar refractivity (Wildman–Crippen MR) is 76.2 cm³/mol. The van der Waals surface area contributed by atoms with E-state index in [4.69, 9.17) is 5.21 Å². The number of piperidine rings is 1. The number of carbonyl (C=O) groups excluding carboxylic acids is 1. The van der Waals surface area contributed by atoms with Crippen LogP contribution >= 0.6 is 0 Å². The van der Waals surface area contributed by atoms with Crippen LogP contribution in [0.5, 0.6) is 0 Å². The highest BCUT2D eigenvalue weighted by molar-refractivity contribution is 5.94. The van der Waals surface area contributed by atoms with E-state index in [0.29, 0.717) is 17.8 Å². The molecular formula is C14H20N4O2. The monoisotopic (exact) mass is 276 g/mol. The Morgan fingerprint density at radius 3 is 2.85 bits per heavy atom. The van der Waals surface area contributed by atoms with E-state index in [0.717, 1.165) is 19.6 Å². The van der Waals surface area contributed by atoms with E-state index in [-0.39, 0.29) is 5.91 Å². The van der Waals surface area contributed by atoms with Crippen LogP contribution in [0.4, 0.5) is 0 Å². The van der Waals surface area contributed by atoms with Gasteiger partial charge in [0.1, 0.15) is 0 Å². The summed E-state index contributed by atoms with van der Waals surface area (Å²) in [6, 6.07) is 3.31. The van der Waals surface area contributed by atoms with Crippen LogP contribution in [0.15, 0.2) is 23.5 Å². The van der Waals surface area contributed by atoms with Crippen molar-refractivity contribution in [2.75, 3.05) is 26.2 Å². The average Bonchev–Trinajstić information content (AvgIpc) is 2.49. The van der Waals surface area contributed by atoms with Gasteiger partial charge in [-0.3, -0.25) is 9.78 Å². The largest absolute Gasteiger partial charge is 0.411 e. The molecule has 0 radical (unpaired) electrons. The molecule has 0 aliphatic carbocycles. The second kappa shape index (κ2) is 7.59. The lowest BCUT2D eigenvalue weighted by Crippen LogP contribution is -2.37. The summed E-state index contributed by atoms with van der Waals surface area (Å²) in [5.41, 5.74) is 1.02. The maximum absolute atomic E-state index is 11.9. The Hall–Kier alpha value is -1.95. The van der Waals surface area contributed by atoms with Crippen molar-refractivity contribution in [3.8, 4) is 0 Å². The summed E-state index contributed by atoms with van der Waals surface area (Å²) in [5.74, 6) is -0.123. The molecule has 1 aliphatic rings. The van der Waals surface area contributed by atoms with Gasteiger partial charge in [-0.2, -0.15) is 0 Å². The molecule has 2 N–H and O–H groups in total. The SMILES string of the molecule is O=C(NCCN1CCCCC1)c1ccc(C=NO)nc1. The number of nitrogens with zero attached hydrogens (tertiary/aromatic N) is 3. The average molecular weight is 276 g/mol. The van der Waals surface area contributed by atoms with Crippen molar-refractivity contribution in [2.45, 2.75) is 19.3 Å². The molecule has 0 saturated carbocycles. The van der Waals surface area contributed by atoms with E-state index in [1.807, 2.05) is 0 Å². The minimum absolute atomic E-state index is 0.123. The Morgan fingerprint density at radius 1 is 1.40 bits per heavy atom. The number of nitrogens with one attached hydrogen (secondary N) is 1. The van der Waals surface area contributed by atoms with Crippen LogP contribution in [0.25, 0.3) is 0 Å². The Bertz CT molecular complexity index is 453. The molecule has 20 heavy (non-hydrogen) atoms. The summed E-state index contributed by atoms with van der Waals surface area (Å²) in [7, 11) is 0. The van der Waals surface area contributed by atoms with Crippen LogP contribution in [0.2, 0.25) is 0 Å². The number of amides is 1. The number of hydrogen-bond acceptors (Lipinski definition) is 5. The third-order valence-corrected chi connectivity index (χ3v) is 3.40. The van der Waals surface area contributed by atoms with Crippen molar-refractivity contribution < 1.29 is 10.0 Å². The van der Waals surface area contributed by atoms with Gasteiger partial charge in [-0.05, 0) is 38.1 Å². The molecule has 1 amide bonds. The van der Waals surface area contributed by atoms with Gasteiger partial charge < -0.3 is 15.4 Å². The zero-order valence-corrected chi connectivity index (χ0v) is 11.5. The van der Waals surface area contributed by atoms with Gasteiger partial charge in [0, 0.05) is 19.3 Å². The summed E-state index contributed by atoms with van der Waals surface area (Å²) in [6.45, 7) is 3.81. The Balaban J connectivity index is 1.76.